The molecule has 2 N–H and O–H groups in total. The van der Waals surface area contributed by atoms with E-state index < -0.39 is 0 Å². The Morgan fingerprint density at radius 1 is 0.897 bits per heavy atom. The topological polar surface area (TPSA) is 89.3 Å². The molecule has 1 aromatic heterocycles. The van der Waals surface area contributed by atoms with Crippen LogP contribution < -0.4 is 5.69 Å². The van der Waals surface area contributed by atoms with E-state index in [2.05, 4.69) is 25.9 Å². The van der Waals surface area contributed by atoms with Crippen LogP contribution in [0.3, 0.4) is 0 Å². The third-order valence-corrected chi connectivity index (χ3v) is 5.46. The minimum absolute atomic E-state index is 0.0636. The molecule has 2 amide bonds. The van der Waals surface area contributed by atoms with Crippen molar-refractivity contribution in [2.75, 3.05) is 26.2 Å². The summed E-state index contributed by atoms with van der Waals surface area (Å²) >= 11 is 3.39. The molecule has 1 fully saturated rings. The van der Waals surface area contributed by atoms with E-state index in [0.717, 1.165) is 10.0 Å². The van der Waals surface area contributed by atoms with E-state index in [1.807, 2.05) is 24.3 Å². The van der Waals surface area contributed by atoms with Crippen molar-refractivity contribution in [2.45, 2.75) is 0 Å². The fraction of sp³-hybridized carbons (Fsp3) is 0.190. The highest BCUT2D eigenvalue weighted by atomic mass is 79.9. The van der Waals surface area contributed by atoms with Gasteiger partial charge >= 0.3 is 5.69 Å². The van der Waals surface area contributed by atoms with E-state index in [1.165, 1.54) is 0 Å². The molecule has 0 saturated carbocycles. The number of hydrogen-bond acceptors (Lipinski definition) is 3. The zero-order chi connectivity index (χ0) is 20.4. The number of imidazole rings is 1. The highest BCUT2D eigenvalue weighted by molar-refractivity contribution is 9.10. The first-order valence-corrected chi connectivity index (χ1v) is 10.0. The molecule has 2 aromatic carbocycles. The van der Waals surface area contributed by atoms with E-state index in [0.29, 0.717) is 42.8 Å². The standard InChI is InChI=1S/C21H19BrN4O3/c22-16-5-1-14(2-6-16)3-8-19(27)25-9-11-26(12-10-25)20(28)15-4-7-17-18(13-15)24-21(29)23-17/h1-8,13H,9-12H2,(H2,23,24,29). The molecule has 1 aliphatic rings. The molecule has 1 aliphatic heterocycles. The van der Waals surface area contributed by atoms with Crippen molar-refractivity contribution in [1.82, 2.24) is 19.8 Å². The molecular formula is C21H19BrN4O3. The predicted octanol–water partition coefficient (Wildman–Crippen LogP) is 2.62. The number of halogens is 1. The Hall–Kier alpha value is -3.13. The number of nitrogens with zero attached hydrogens (tertiary/aromatic N) is 2. The summed E-state index contributed by atoms with van der Waals surface area (Å²) in [5.74, 6) is -0.169. The summed E-state index contributed by atoms with van der Waals surface area (Å²) in [4.78, 5) is 45.4. The summed E-state index contributed by atoms with van der Waals surface area (Å²) in [6, 6.07) is 12.8. The highest BCUT2D eigenvalue weighted by Crippen LogP contribution is 2.15. The zero-order valence-corrected chi connectivity index (χ0v) is 17.1. The summed E-state index contributed by atoms with van der Waals surface area (Å²) in [5.41, 5.74) is 2.44. The number of H-pyrrole nitrogens is 2. The van der Waals surface area contributed by atoms with Gasteiger partial charge in [-0.1, -0.05) is 28.1 Å². The van der Waals surface area contributed by atoms with Gasteiger partial charge in [0.15, 0.2) is 0 Å². The number of carbonyl (C=O) groups is 2. The van der Waals surface area contributed by atoms with Crippen LogP contribution in [-0.4, -0.2) is 57.8 Å². The summed E-state index contributed by atoms with van der Waals surface area (Å²) < 4.78 is 0.990. The largest absolute Gasteiger partial charge is 0.336 e. The lowest BCUT2D eigenvalue weighted by Gasteiger charge is -2.34. The second-order valence-corrected chi connectivity index (χ2v) is 7.76. The number of amides is 2. The van der Waals surface area contributed by atoms with E-state index in [1.54, 1.807) is 40.2 Å². The van der Waals surface area contributed by atoms with Crippen molar-refractivity contribution < 1.29 is 9.59 Å². The molecule has 0 bridgehead atoms. The summed E-state index contributed by atoms with van der Waals surface area (Å²) in [6.45, 7) is 1.91. The number of aromatic nitrogens is 2. The van der Waals surface area contributed by atoms with Gasteiger partial charge in [0.25, 0.3) is 5.91 Å². The molecule has 7 nitrogen and oxygen atoms in total. The van der Waals surface area contributed by atoms with Crippen molar-refractivity contribution in [3.8, 4) is 0 Å². The highest BCUT2D eigenvalue weighted by Gasteiger charge is 2.24. The SMILES string of the molecule is O=C(C=Cc1ccc(Br)cc1)N1CCN(C(=O)c2ccc3[nH]c(=O)[nH]c3c2)CC1. The van der Waals surface area contributed by atoms with Gasteiger partial charge in [-0.3, -0.25) is 9.59 Å². The van der Waals surface area contributed by atoms with Crippen molar-refractivity contribution in [2.24, 2.45) is 0 Å². The normalized spacial score (nSPS) is 14.7. The molecule has 29 heavy (non-hydrogen) atoms. The number of aromatic amines is 2. The number of benzene rings is 2. The fourth-order valence-corrected chi connectivity index (χ4v) is 3.59. The maximum atomic E-state index is 12.8. The molecule has 0 atom stereocenters. The number of fused-ring (bicyclic) bond motifs is 1. The van der Waals surface area contributed by atoms with Gasteiger partial charge in [0.1, 0.15) is 0 Å². The van der Waals surface area contributed by atoms with Gasteiger partial charge in [-0.2, -0.15) is 0 Å². The van der Waals surface area contributed by atoms with E-state index in [9.17, 15) is 14.4 Å². The maximum absolute atomic E-state index is 12.8. The predicted molar refractivity (Wildman–Crippen MR) is 115 cm³/mol. The van der Waals surface area contributed by atoms with Crippen molar-refractivity contribution in [3.63, 3.8) is 0 Å². The van der Waals surface area contributed by atoms with Gasteiger partial charge in [0.05, 0.1) is 11.0 Å². The molecule has 1 saturated heterocycles. The smallest absolute Gasteiger partial charge is 0.323 e. The van der Waals surface area contributed by atoms with Crippen LogP contribution in [0.5, 0.6) is 0 Å². The molecule has 0 unspecified atom stereocenters. The molecule has 148 valence electrons. The van der Waals surface area contributed by atoms with E-state index >= 15 is 0 Å². The van der Waals surface area contributed by atoms with Crippen LogP contribution in [0.1, 0.15) is 15.9 Å². The van der Waals surface area contributed by atoms with Crippen LogP contribution in [-0.2, 0) is 4.79 Å². The molecular weight excluding hydrogens is 436 g/mol. The molecule has 0 radical (unpaired) electrons. The van der Waals surface area contributed by atoms with Gasteiger partial charge in [0.2, 0.25) is 5.91 Å². The van der Waals surface area contributed by atoms with E-state index in [4.69, 9.17) is 0 Å². The summed E-state index contributed by atoms with van der Waals surface area (Å²) in [6.07, 6.45) is 3.36. The number of nitrogens with one attached hydrogen (secondary N) is 2. The summed E-state index contributed by atoms with van der Waals surface area (Å²) in [7, 11) is 0. The second-order valence-electron chi connectivity index (χ2n) is 6.84. The zero-order valence-electron chi connectivity index (χ0n) is 15.5. The molecule has 0 aliphatic carbocycles. The maximum Gasteiger partial charge on any atom is 0.323 e. The summed E-state index contributed by atoms with van der Waals surface area (Å²) in [5, 5.41) is 0. The second kappa shape index (κ2) is 8.08. The lowest BCUT2D eigenvalue weighted by atomic mass is 10.1. The van der Waals surface area contributed by atoms with Gasteiger partial charge in [-0.05, 0) is 42.0 Å². The Morgan fingerprint density at radius 2 is 1.55 bits per heavy atom. The van der Waals surface area contributed by atoms with Gasteiger partial charge in [-0.15, -0.1) is 0 Å². The monoisotopic (exact) mass is 454 g/mol. The van der Waals surface area contributed by atoms with Crippen molar-refractivity contribution in [3.05, 3.63) is 74.6 Å². The van der Waals surface area contributed by atoms with Crippen LogP contribution in [0.2, 0.25) is 0 Å². The third kappa shape index (κ3) is 4.32. The fourth-order valence-electron chi connectivity index (χ4n) is 3.32. The Labute approximate surface area is 175 Å². The Kier molecular flexibility index (Phi) is 5.35. The van der Waals surface area contributed by atoms with Crippen molar-refractivity contribution in [1.29, 1.82) is 0 Å². The lowest BCUT2D eigenvalue weighted by Crippen LogP contribution is -2.50. The van der Waals surface area contributed by atoms with Gasteiger partial charge in [0, 0.05) is 42.3 Å². The van der Waals surface area contributed by atoms with Crippen LogP contribution >= 0.6 is 15.9 Å². The van der Waals surface area contributed by atoms with Crippen LogP contribution in [0.25, 0.3) is 17.1 Å². The molecule has 8 heteroatoms. The first kappa shape index (κ1) is 19.2. The quantitative estimate of drug-likeness (QED) is 0.596. The number of carbonyl (C=O) groups excluding carboxylic acids is 2. The minimum Gasteiger partial charge on any atom is -0.336 e. The Balaban J connectivity index is 1.36. The Morgan fingerprint density at radius 3 is 2.28 bits per heavy atom. The van der Waals surface area contributed by atoms with Gasteiger partial charge in [-0.25, -0.2) is 4.79 Å². The van der Waals surface area contributed by atoms with E-state index in [-0.39, 0.29) is 17.5 Å². The lowest BCUT2D eigenvalue weighted by molar-refractivity contribution is -0.127. The van der Waals surface area contributed by atoms with Gasteiger partial charge < -0.3 is 19.8 Å². The first-order chi connectivity index (χ1) is 14.0. The average molecular weight is 455 g/mol. The number of rotatable bonds is 3. The third-order valence-electron chi connectivity index (χ3n) is 4.93. The number of hydrogen-bond donors (Lipinski definition) is 2. The van der Waals surface area contributed by atoms with Crippen LogP contribution in [0.15, 0.2) is 57.8 Å². The molecule has 2 heterocycles. The van der Waals surface area contributed by atoms with Crippen molar-refractivity contribution >= 4 is 44.9 Å². The Bertz CT molecular complexity index is 1140. The molecule has 4 rings (SSSR count). The first-order valence-electron chi connectivity index (χ1n) is 9.23. The molecule has 3 aromatic rings. The average Bonchev–Trinajstić information content (AvgIpc) is 3.12. The van der Waals surface area contributed by atoms with Crippen LogP contribution in [0, 0.1) is 0 Å². The van der Waals surface area contributed by atoms with Crippen LogP contribution in [0.4, 0.5) is 0 Å². The number of piperazine rings is 1. The molecule has 0 spiro atoms. The minimum atomic E-state index is -0.298.